The van der Waals surface area contributed by atoms with Crippen LogP contribution in [0.4, 0.5) is 0 Å². The SMILES string of the molecule is O=C1Cc2ccccc2C[C@]2(c3ccccc3)OC[C@H](c3ccccc3)N12. The molecule has 0 unspecified atom stereocenters. The van der Waals surface area contributed by atoms with Crippen molar-refractivity contribution in [3.05, 3.63) is 107 Å². The van der Waals surface area contributed by atoms with Gasteiger partial charge in [0.1, 0.15) is 0 Å². The Kier molecular flexibility index (Phi) is 3.83. The number of benzene rings is 3. The summed E-state index contributed by atoms with van der Waals surface area (Å²) in [6, 6.07) is 28.5. The number of fused-ring (bicyclic) bond motifs is 2. The zero-order valence-corrected chi connectivity index (χ0v) is 15.0. The molecule has 1 amide bonds. The molecule has 2 atom stereocenters. The van der Waals surface area contributed by atoms with Crippen LogP contribution in [0.25, 0.3) is 0 Å². The smallest absolute Gasteiger partial charge is 0.230 e. The number of ether oxygens (including phenoxy) is 1. The van der Waals surface area contributed by atoms with Crippen molar-refractivity contribution in [3.8, 4) is 0 Å². The lowest BCUT2D eigenvalue weighted by molar-refractivity contribution is -0.152. The number of hydrogen-bond donors (Lipinski definition) is 0. The second-order valence-electron chi connectivity index (χ2n) is 7.27. The number of hydrogen-bond acceptors (Lipinski definition) is 2. The molecule has 2 aliphatic heterocycles. The van der Waals surface area contributed by atoms with Crippen molar-refractivity contribution < 1.29 is 9.53 Å². The first-order valence-electron chi connectivity index (χ1n) is 9.41. The van der Waals surface area contributed by atoms with Crippen molar-refractivity contribution in [2.24, 2.45) is 0 Å². The fraction of sp³-hybridized carbons (Fsp3) is 0.208. The highest BCUT2D eigenvalue weighted by Crippen LogP contribution is 2.47. The van der Waals surface area contributed by atoms with E-state index in [9.17, 15) is 4.79 Å². The summed E-state index contributed by atoms with van der Waals surface area (Å²) in [7, 11) is 0. The Bertz CT molecular complexity index is 970. The molecule has 3 nitrogen and oxygen atoms in total. The van der Waals surface area contributed by atoms with Crippen molar-refractivity contribution in [2.75, 3.05) is 6.61 Å². The van der Waals surface area contributed by atoms with Crippen molar-refractivity contribution in [1.29, 1.82) is 0 Å². The number of carbonyl (C=O) groups is 1. The van der Waals surface area contributed by atoms with Crippen molar-refractivity contribution in [3.63, 3.8) is 0 Å². The van der Waals surface area contributed by atoms with Crippen LogP contribution in [0.5, 0.6) is 0 Å². The van der Waals surface area contributed by atoms with E-state index < -0.39 is 5.72 Å². The third kappa shape index (κ3) is 2.58. The average molecular weight is 355 g/mol. The van der Waals surface area contributed by atoms with Crippen LogP contribution in [0.2, 0.25) is 0 Å². The van der Waals surface area contributed by atoms with E-state index in [1.807, 2.05) is 53.4 Å². The molecule has 2 heterocycles. The molecule has 0 saturated carbocycles. The minimum Gasteiger partial charge on any atom is -0.348 e. The maximum atomic E-state index is 13.5. The van der Waals surface area contributed by atoms with Gasteiger partial charge < -0.3 is 9.64 Å². The highest BCUT2D eigenvalue weighted by Gasteiger charge is 2.53. The first-order valence-corrected chi connectivity index (χ1v) is 9.41. The van der Waals surface area contributed by atoms with Gasteiger partial charge in [-0.05, 0) is 16.7 Å². The molecule has 0 radical (unpaired) electrons. The minimum atomic E-state index is -0.758. The van der Waals surface area contributed by atoms with Crippen molar-refractivity contribution in [2.45, 2.75) is 24.6 Å². The molecular weight excluding hydrogens is 334 g/mol. The quantitative estimate of drug-likeness (QED) is 0.688. The minimum absolute atomic E-state index is 0.0757. The monoisotopic (exact) mass is 355 g/mol. The van der Waals surface area contributed by atoms with E-state index in [1.54, 1.807) is 0 Å². The molecule has 5 rings (SSSR count). The summed E-state index contributed by atoms with van der Waals surface area (Å²) >= 11 is 0. The summed E-state index contributed by atoms with van der Waals surface area (Å²) in [6.45, 7) is 0.507. The zero-order chi connectivity index (χ0) is 18.3. The molecule has 0 bridgehead atoms. The first kappa shape index (κ1) is 16.3. The predicted octanol–water partition coefficient (Wildman–Crippen LogP) is 4.24. The molecular formula is C24H21NO2. The second-order valence-corrected chi connectivity index (χ2v) is 7.27. The van der Waals surface area contributed by atoms with Gasteiger partial charge in [0, 0.05) is 12.0 Å². The van der Waals surface area contributed by atoms with Crippen LogP contribution >= 0.6 is 0 Å². The highest BCUT2D eigenvalue weighted by atomic mass is 16.5. The van der Waals surface area contributed by atoms with E-state index >= 15 is 0 Å². The Morgan fingerprint density at radius 2 is 1.44 bits per heavy atom. The van der Waals surface area contributed by atoms with Crippen molar-refractivity contribution in [1.82, 2.24) is 4.90 Å². The van der Waals surface area contributed by atoms with E-state index in [1.165, 1.54) is 5.56 Å². The molecule has 3 aromatic carbocycles. The van der Waals surface area contributed by atoms with Gasteiger partial charge >= 0.3 is 0 Å². The summed E-state index contributed by atoms with van der Waals surface area (Å²) in [5, 5.41) is 0. The summed E-state index contributed by atoms with van der Waals surface area (Å²) in [5.41, 5.74) is 3.68. The number of rotatable bonds is 2. The van der Waals surface area contributed by atoms with Crippen LogP contribution in [-0.4, -0.2) is 17.4 Å². The molecule has 0 spiro atoms. The summed E-state index contributed by atoms with van der Waals surface area (Å²) in [5.74, 6) is 0.121. The van der Waals surface area contributed by atoms with E-state index in [0.717, 1.165) is 16.7 Å². The van der Waals surface area contributed by atoms with E-state index in [4.69, 9.17) is 4.74 Å². The standard InChI is InChI=1S/C24H21NO2/c26-23-15-19-11-7-8-12-20(19)16-24(21-13-5-2-6-14-21)25(23)22(17-27-24)18-9-3-1-4-10-18/h1-14,22H,15-17H2/t22-,24-/m1/s1. The lowest BCUT2D eigenvalue weighted by Gasteiger charge is -2.38. The highest BCUT2D eigenvalue weighted by molar-refractivity contribution is 5.82. The molecule has 0 N–H and O–H groups in total. The number of carbonyl (C=O) groups excluding carboxylic acids is 1. The summed E-state index contributed by atoms with van der Waals surface area (Å²) < 4.78 is 6.51. The molecule has 0 aliphatic carbocycles. The van der Waals surface area contributed by atoms with E-state index in [2.05, 4.69) is 36.4 Å². The largest absolute Gasteiger partial charge is 0.348 e. The third-order valence-corrected chi connectivity index (χ3v) is 5.75. The van der Waals surface area contributed by atoms with Crippen LogP contribution in [0.1, 0.15) is 28.3 Å². The van der Waals surface area contributed by atoms with Gasteiger partial charge in [-0.15, -0.1) is 0 Å². The van der Waals surface area contributed by atoms with Gasteiger partial charge in [-0.2, -0.15) is 0 Å². The van der Waals surface area contributed by atoms with Gasteiger partial charge in [0.15, 0.2) is 5.72 Å². The van der Waals surface area contributed by atoms with E-state index in [0.29, 0.717) is 19.4 Å². The molecule has 134 valence electrons. The van der Waals surface area contributed by atoms with Crippen molar-refractivity contribution >= 4 is 5.91 Å². The van der Waals surface area contributed by atoms with Crippen LogP contribution in [0.15, 0.2) is 84.9 Å². The Morgan fingerprint density at radius 1 is 0.815 bits per heavy atom. The maximum absolute atomic E-state index is 13.5. The van der Waals surface area contributed by atoms with Gasteiger partial charge in [-0.1, -0.05) is 84.9 Å². The Hall–Kier alpha value is -2.91. The van der Waals surface area contributed by atoms with Crippen LogP contribution in [0, 0.1) is 0 Å². The van der Waals surface area contributed by atoms with Crippen LogP contribution < -0.4 is 0 Å². The third-order valence-electron chi connectivity index (χ3n) is 5.75. The number of nitrogens with zero attached hydrogens (tertiary/aromatic N) is 1. The molecule has 27 heavy (non-hydrogen) atoms. The zero-order valence-electron chi connectivity index (χ0n) is 15.0. The topological polar surface area (TPSA) is 29.5 Å². The Morgan fingerprint density at radius 3 is 2.19 bits per heavy atom. The molecule has 1 fully saturated rings. The predicted molar refractivity (Wildman–Crippen MR) is 104 cm³/mol. The lowest BCUT2D eigenvalue weighted by Crippen LogP contribution is -2.47. The van der Waals surface area contributed by atoms with Crippen LogP contribution in [0.3, 0.4) is 0 Å². The second kappa shape index (κ2) is 6.36. The van der Waals surface area contributed by atoms with Gasteiger partial charge in [0.2, 0.25) is 5.91 Å². The maximum Gasteiger partial charge on any atom is 0.230 e. The summed E-state index contributed by atoms with van der Waals surface area (Å²) in [4.78, 5) is 15.5. The fourth-order valence-electron chi connectivity index (χ4n) is 4.48. The number of amides is 1. The average Bonchev–Trinajstić information content (AvgIpc) is 3.05. The van der Waals surface area contributed by atoms with Gasteiger partial charge in [-0.3, -0.25) is 4.79 Å². The normalized spacial score (nSPS) is 24.2. The molecule has 3 aromatic rings. The summed E-state index contributed by atoms with van der Waals surface area (Å²) in [6.07, 6.45) is 1.08. The lowest BCUT2D eigenvalue weighted by atomic mass is 9.92. The van der Waals surface area contributed by atoms with Gasteiger partial charge in [-0.25, -0.2) is 0 Å². The molecule has 3 heteroatoms. The molecule has 0 aromatic heterocycles. The Balaban J connectivity index is 1.69. The Labute approximate surface area is 159 Å². The molecule has 2 aliphatic rings. The molecule has 1 saturated heterocycles. The van der Waals surface area contributed by atoms with E-state index in [-0.39, 0.29) is 11.9 Å². The van der Waals surface area contributed by atoms with Crippen LogP contribution in [-0.2, 0) is 28.1 Å². The fourth-order valence-corrected chi connectivity index (χ4v) is 4.48. The van der Waals surface area contributed by atoms with Gasteiger partial charge in [0.05, 0.1) is 19.1 Å². The first-order chi connectivity index (χ1) is 13.3. The van der Waals surface area contributed by atoms with Gasteiger partial charge in [0.25, 0.3) is 0 Å².